The fraction of sp³-hybridized carbons (Fsp3) is 0.467. The van der Waals surface area contributed by atoms with Crippen molar-refractivity contribution in [2.75, 3.05) is 0 Å². The molecule has 0 fully saturated rings. The monoisotopic (exact) mass is 330 g/mol. The minimum absolute atomic E-state index is 0.0479. The number of aryl methyl sites for hydroxylation is 1. The molecule has 21 heavy (non-hydrogen) atoms. The van der Waals surface area contributed by atoms with Crippen LogP contribution in [0.2, 0.25) is 10.0 Å². The van der Waals surface area contributed by atoms with E-state index in [-0.39, 0.29) is 27.5 Å². The number of carboxylic acid groups (broad SMARTS) is 1. The Labute approximate surface area is 133 Å². The number of carboxylic acids is 1. The van der Waals surface area contributed by atoms with Gasteiger partial charge in [-0.05, 0) is 25.0 Å². The first-order valence-electron chi connectivity index (χ1n) is 6.65. The molecule has 0 bridgehead atoms. The Balaban J connectivity index is 2.50. The molecule has 0 spiro atoms. The Bertz CT molecular complexity index is 625. The molecule has 1 aromatic rings. The number of Topliss-reactive ketones (excluding diaryl/α,β-unsaturated/α-hetero) is 1. The number of ketones is 1. The summed E-state index contributed by atoms with van der Waals surface area (Å²) in [4.78, 5) is 23.3. The van der Waals surface area contributed by atoms with Crippen LogP contribution >= 0.6 is 23.2 Å². The molecule has 0 heterocycles. The van der Waals surface area contributed by atoms with Crippen molar-refractivity contribution in [3.05, 3.63) is 27.2 Å². The Morgan fingerprint density at radius 3 is 2.48 bits per heavy atom. The molecule has 0 aromatic heterocycles. The molecule has 1 aliphatic rings. The summed E-state index contributed by atoms with van der Waals surface area (Å²) in [7, 11) is 0. The quantitative estimate of drug-likeness (QED) is 0.906. The van der Waals surface area contributed by atoms with Crippen LogP contribution < -0.4 is 4.74 Å². The molecular weight excluding hydrogens is 315 g/mol. The van der Waals surface area contributed by atoms with E-state index in [0.29, 0.717) is 18.4 Å². The lowest BCUT2D eigenvalue weighted by atomic mass is 9.92. The van der Waals surface area contributed by atoms with E-state index in [9.17, 15) is 14.7 Å². The molecule has 2 rings (SSSR count). The van der Waals surface area contributed by atoms with Gasteiger partial charge in [0.2, 0.25) is 5.60 Å². The first-order chi connectivity index (χ1) is 9.68. The van der Waals surface area contributed by atoms with Gasteiger partial charge in [-0.2, -0.15) is 0 Å². The van der Waals surface area contributed by atoms with Crippen LogP contribution in [0, 0.1) is 5.92 Å². The summed E-state index contributed by atoms with van der Waals surface area (Å²) < 4.78 is 5.67. The SMILES string of the molecule is CC(C)C(C)(Oc1cc2c(c(Cl)c1Cl)C(=O)CC2)C(=O)O. The second-order valence-corrected chi connectivity index (χ2v) is 6.38. The van der Waals surface area contributed by atoms with E-state index in [1.807, 2.05) is 0 Å². The van der Waals surface area contributed by atoms with Crippen LogP contribution in [-0.2, 0) is 11.2 Å². The third-order valence-electron chi connectivity index (χ3n) is 4.00. The molecule has 0 saturated heterocycles. The maximum Gasteiger partial charge on any atom is 0.348 e. The van der Waals surface area contributed by atoms with Crippen molar-refractivity contribution in [2.45, 2.75) is 39.2 Å². The molecule has 0 amide bonds. The molecule has 0 radical (unpaired) electrons. The lowest BCUT2D eigenvalue weighted by Gasteiger charge is -2.30. The highest BCUT2D eigenvalue weighted by molar-refractivity contribution is 6.45. The number of rotatable bonds is 4. The van der Waals surface area contributed by atoms with Gasteiger partial charge in [0.05, 0.1) is 5.02 Å². The summed E-state index contributed by atoms with van der Waals surface area (Å²) in [5.41, 5.74) is -0.249. The number of carbonyl (C=O) groups excluding carboxylic acids is 1. The van der Waals surface area contributed by atoms with Gasteiger partial charge in [-0.3, -0.25) is 4.79 Å². The van der Waals surface area contributed by atoms with E-state index in [0.717, 1.165) is 5.56 Å². The molecular formula is C15H16Cl2O4. The molecule has 1 unspecified atom stereocenters. The molecule has 1 atom stereocenters. The number of aliphatic carboxylic acids is 1. The standard InChI is InChI=1S/C15H16Cl2O4/c1-7(2)15(3,14(19)20)21-10-6-8-4-5-9(18)11(8)13(17)12(10)16/h6-7H,4-5H2,1-3H3,(H,19,20). The average Bonchev–Trinajstić information content (AvgIpc) is 2.76. The molecule has 6 heteroatoms. The third kappa shape index (κ3) is 2.62. The van der Waals surface area contributed by atoms with Gasteiger partial charge in [0.1, 0.15) is 10.8 Å². The van der Waals surface area contributed by atoms with Crippen LogP contribution in [0.15, 0.2) is 6.07 Å². The fourth-order valence-corrected chi connectivity index (χ4v) is 2.74. The van der Waals surface area contributed by atoms with Crippen LogP contribution in [0.5, 0.6) is 5.75 Å². The summed E-state index contributed by atoms with van der Waals surface area (Å²) in [6.07, 6.45) is 0.947. The summed E-state index contributed by atoms with van der Waals surface area (Å²) >= 11 is 12.3. The molecule has 1 aliphatic carbocycles. The van der Waals surface area contributed by atoms with Gasteiger partial charge in [0, 0.05) is 17.9 Å². The average molecular weight is 331 g/mol. The minimum atomic E-state index is -1.43. The zero-order valence-corrected chi connectivity index (χ0v) is 13.5. The van der Waals surface area contributed by atoms with Gasteiger partial charge < -0.3 is 9.84 Å². The maximum absolute atomic E-state index is 11.8. The third-order valence-corrected chi connectivity index (χ3v) is 4.85. The van der Waals surface area contributed by atoms with E-state index >= 15 is 0 Å². The molecule has 4 nitrogen and oxygen atoms in total. The summed E-state index contributed by atoms with van der Waals surface area (Å²) in [5, 5.41) is 9.63. The zero-order chi connectivity index (χ0) is 15.9. The maximum atomic E-state index is 11.8. The Hall–Kier alpha value is -1.26. The Morgan fingerprint density at radius 1 is 1.33 bits per heavy atom. The van der Waals surface area contributed by atoms with Crippen molar-refractivity contribution < 1.29 is 19.4 Å². The largest absolute Gasteiger partial charge is 0.478 e. The predicted octanol–water partition coefficient (Wildman–Crippen LogP) is 4.00. The predicted molar refractivity (Wildman–Crippen MR) is 80.6 cm³/mol. The van der Waals surface area contributed by atoms with Gasteiger partial charge >= 0.3 is 5.97 Å². The number of ether oxygens (including phenoxy) is 1. The van der Waals surface area contributed by atoms with Crippen LogP contribution in [0.4, 0.5) is 0 Å². The summed E-state index contributed by atoms with van der Waals surface area (Å²) in [6.45, 7) is 4.99. The van der Waals surface area contributed by atoms with Gasteiger partial charge in [-0.15, -0.1) is 0 Å². The van der Waals surface area contributed by atoms with Crippen molar-refractivity contribution in [3.8, 4) is 5.75 Å². The topological polar surface area (TPSA) is 63.6 Å². The minimum Gasteiger partial charge on any atom is -0.478 e. The molecule has 0 aliphatic heterocycles. The van der Waals surface area contributed by atoms with Crippen molar-refractivity contribution in [1.82, 2.24) is 0 Å². The summed E-state index contributed by atoms with van der Waals surface area (Å²) in [6, 6.07) is 1.62. The van der Waals surface area contributed by atoms with Crippen molar-refractivity contribution in [2.24, 2.45) is 5.92 Å². The zero-order valence-electron chi connectivity index (χ0n) is 12.0. The number of hydrogen-bond acceptors (Lipinski definition) is 3. The first-order valence-corrected chi connectivity index (χ1v) is 7.40. The van der Waals surface area contributed by atoms with Crippen LogP contribution in [-0.4, -0.2) is 22.5 Å². The van der Waals surface area contributed by atoms with Crippen LogP contribution in [0.25, 0.3) is 0 Å². The Morgan fingerprint density at radius 2 is 1.95 bits per heavy atom. The van der Waals surface area contributed by atoms with Crippen molar-refractivity contribution in [1.29, 1.82) is 0 Å². The van der Waals surface area contributed by atoms with Gasteiger partial charge in [-0.1, -0.05) is 37.0 Å². The highest BCUT2D eigenvalue weighted by Crippen LogP contribution is 2.42. The molecule has 1 aromatic carbocycles. The van der Waals surface area contributed by atoms with Crippen LogP contribution in [0.3, 0.4) is 0 Å². The first kappa shape index (κ1) is 16.1. The Kier molecular flexibility index (Phi) is 4.22. The number of hydrogen-bond donors (Lipinski definition) is 1. The van der Waals surface area contributed by atoms with E-state index in [1.165, 1.54) is 6.92 Å². The normalized spacial score (nSPS) is 16.8. The van der Waals surface area contributed by atoms with Gasteiger partial charge in [0.25, 0.3) is 0 Å². The van der Waals surface area contributed by atoms with E-state index in [4.69, 9.17) is 27.9 Å². The van der Waals surface area contributed by atoms with E-state index in [2.05, 4.69) is 0 Å². The molecule has 114 valence electrons. The van der Waals surface area contributed by atoms with Crippen molar-refractivity contribution in [3.63, 3.8) is 0 Å². The van der Waals surface area contributed by atoms with Crippen molar-refractivity contribution >= 4 is 35.0 Å². The lowest BCUT2D eigenvalue weighted by Crippen LogP contribution is -2.46. The van der Waals surface area contributed by atoms with E-state index in [1.54, 1.807) is 19.9 Å². The van der Waals surface area contributed by atoms with Crippen LogP contribution in [0.1, 0.15) is 43.1 Å². The number of fused-ring (bicyclic) bond motifs is 1. The van der Waals surface area contributed by atoms with Gasteiger partial charge in [0.15, 0.2) is 5.78 Å². The van der Waals surface area contributed by atoms with Gasteiger partial charge in [-0.25, -0.2) is 4.79 Å². The van der Waals surface area contributed by atoms with E-state index < -0.39 is 11.6 Å². The second kappa shape index (κ2) is 5.50. The smallest absolute Gasteiger partial charge is 0.348 e. The molecule has 1 N–H and O–H groups in total. The molecule has 0 saturated carbocycles. The highest BCUT2D eigenvalue weighted by atomic mass is 35.5. The number of carbonyl (C=O) groups is 2. The fourth-order valence-electron chi connectivity index (χ4n) is 2.24. The number of halogens is 2. The number of benzene rings is 1. The lowest BCUT2D eigenvalue weighted by molar-refractivity contribution is -0.157. The second-order valence-electron chi connectivity index (χ2n) is 5.63. The summed E-state index contributed by atoms with van der Waals surface area (Å²) in [5.74, 6) is -1.21. The highest BCUT2D eigenvalue weighted by Gasteiger charge is 2.40.